The van der Waals surface area contributed by atoms with Crippen molar-refractivity contribution < 1.29 is 0 Å². The van der Waals surface area contributed by atoms with Gasteiger partial charge in [-0.15, -0.1) is 0 Å². The van der Waals surface area contributed by atoms with E-state index in [-0.39, 0.29) is 0 Å². The molecule has 25 heavy (non-hydrogen) atoms. The molecule has 0 saturated heterocycles. The maximum atomic E-state index is 5.84. The molecule has 0 amide bonds. The normalized spacial score (nSPS) is 11.0. The minimum Gasteiger partial charge on any atom is -0.399 e. The first-order valence-electron chi connectivity index (χ1n) is 10.1. The van der Waals surface area contributed by atoms with Crippen molar-refractivity contribution in [2.45, 2.75) is 78.1 Å². The van der Waals surface area contributed by atoms with Crippen LogP contribution in [0, 0.1) is 6.92 Å². The molecule has 0 aliphatic carbocycles. The predicted octanol–water partition coefficient (Wildman–Crippen LogP) is 6.85. The minimum absolute atomic E-state index is 0.849. The Labute approximate surface area is 154 Å². The lowest BCUT2D eigenvalue weighted by molar-refractivity contribution is 0.575. The van der Waals surface area contributed by atoms with Crippen LogP contribution >= 0.6 is 0 Å². The number of anilines is 1. The quantitative estimate of drug-likeness (QED) is 0.352. The molecule has 2 aromatic rings. The second kappa shape index (κ2) is 11.0. The average molecular weight is 338 g/mol. The van der Waals surface area contributed by atoms with Gasteiger partial charge in [0.25, 0.3) is 0 Å². The molecule has 0 aliphatic rings. The molecule has 0 saturated carbocycles. The molecule has 0 radical (unpaired) electrons. The number of hydrogen-bond donors (Lipinski definition) is 1. The highest BCUT2D eigenvalue weighted by Gasteiger charge is 2.02. The van der Waals surface area contributed by atoms with Crippen LogP contribution in [0.3, 0.4) is 0 Å². The molecule has 2 aromatic carbocycles. The van der Waals surface area contributed by atoms with Crippen molar-refractivity contribution in [1.82, 2.24) is 0 Å². The van der Waals surface area contributed by atoms with Crippen molar-refractivity contribution in [2.75, 3.05) is 5.73 Å². The fourth-order valence-electron chi connectivity index (χ4n) is 3.42. The summed E-state index contributed by atoms with van der Waals surface area (Å²) in [4.78, 5) is 0. The van der Waals surface area contributed by atoms with E-state index >= 15 is 0 Å². The van der Waals surface area contributed by atoms with Crippen LogP contribution in [0.4, 0.5) is 5.69 Å². The summed E-state index contributed by atoms with van der Waals surface area (Å²) in [6, 6.07) is 15.4. The van der Waals surface area contributed by atoms with Crippen LogP contribution < -0.4 is 5.73 Å². The average Bonchev–Trinajstić information content (AvgIpc) is 2.61. The maximum absolute atomic E-state index is 5.84. The van der Waals surface area contributed by atoms with Gasteiger partial charge in [-0.25, -0.2) is 0 Å². The van der Waals surface area contributed by atoms with Crippen LogP contribution in [0.2, 0.25) is 0 Å². The van der Waals surface area contributed by atoms with Crippen molar-refractivity contribution in [3.05, 3.63) is 64.7 Å². The lowest BCUT2D eigenvalue weighted by Gasteiger charge is -2.08. The van der Waals surface area contributed by atoms with Gasteiger partial charge in [0.2, 0.25) is 0 Å². The van der Waals surface area contributed by atoms with Crippen molar-refractivity contribution >= 4 is 5.69 Å². The first-order chi connectivity index (χ1) is 12.2. The fourth-order valence-corrected chi connectivity index (χ4v) is 3.42. The lowest BCUT2D eigenvalue weighted by Crippen LogP contribution is -1.95. The zero-order valence-electron chi connectivity index (χ0n) is 16.2. The molecule has 1 nitrogen and oxygen atoms in total. The molecule has 1 heteroatoms. The van der Waals surface area contributed by atoms with Gasteiger partial charge in [-0.3, -0.25) is 0 Å². The predicted molar refractivity (Wildman–Crippen MR) is 111 cm³/mol. The van der Waals surface area contributed by atoms with E-state index < -0.39 is 0 Å². The van der Waals surface area contributed by atoms with Crippen LogP contribution in [-0.4, -0.2) is 0 Å². The lowest BCUT2D eigenvalue weighted by atomic mass is 9.98. The van der Waals surface area contributed by atoms with Gasteiger partial charge in [-0.1, -0.05) is 82.2 Å². The number of benzene rings is 2. The minimum atomic E-state index is 0.849. The van der Waals surface area contributed by atoms with Crippen LogP contribution in [-0.2, 0) is 12.8 Å². The van der Waals surface area contributed by atoms with Crippen LogP contribution in [0.15, 0.2) is 42.5 Å². The summed E-state index contributed by atoms with van der Waals surface area (Å²) in [5.41, 5.74) is 12.2. The summed E-state index contributed by atoms with van der Waals surface area (Å²) in [5, 5.41) is 0. The second-order valence-corrected chi connectivity index (χ2v) is 7.40. The SMILES string of the molecule is CCCCCCCCCCc1ccc(Cc2ccc(N)cc2C)cc1. The Hall–Kier alpha value is -1.76. The zero-order valence-corrected chi connectivity index (χ0v) is 16.2. The van der Waals surface area contributed by atoms with E-state index in [0.717, 1.165) is 12.1 Å². The van der Waals surface area contributed by atoms with Gasteiger partial charge in [0.1, 0.15) is 0 Å². The van der Waals surface area contributed by atoms with Gasteiger partial charge >= 0.3 is 0 Å². The largest absolute Gasteiger partial charge is 0.399 e. The third kappa shape index (κ3) is 7.34. The Morgan fingerprint density at radius 3 is 1.96 bits per heavy atom. The summed E-state index contributed by atoms with van der Waals surface area (Å²) < 4.78 is 0. The van der Waals surface area contributed by atoms with E-state index in [0.29, 0.717) is 0 Å². The molecule has 2 rings (SSSR count). The third-order valence-corrected chi connectivity index (χ3v) is 5.10. The summed E-state index contributed by atoms with van der Waals surface area (Å²) >= 11 is 0. The zero-order chi connectivity index (χ0) is 17.9. The van der Waals surface area contributed by atoms with E-state index in [1.165, 1.54) is 80.0 Å². The Kier molecular flexibility index (Phi) is 8.59. The summed E-state index contributed by atoms with van der Waals surface area (Å²) in [7, 11) is 0. The van der Waals surface area contributed by atoms with Gasteiger partial charge in [-0.05, 0) is 60.6 Å². The summed E-state index contributed by atoms with van der Waals surface area (Å²) in [6.07, 6.45) is 13.3. The topological polar surface area (TPSA) is 26.0 Å². The molecule has 0 unspecified atom stereocenters. The molecule has 136 valence electrons. The monoisotopic (exact) mass is 337 g/mol. The molecule has 0 spiro atoms. The molecule has 0 aromatic heterocycles. The molecule has 0 bridgehead atoms. The highest BCUT2D eigenvalue weighted by atomic mass is 14.5. The maximum Gasteiger partial charge on any atom is 0.0316 e. The van der Waals surface area contributed by atoms with E-state index in [1.807, 2.05) is 6.07 Å². The first-order valence-corrected chi connectivity index (χ1v) is 10.1. The molecular weight excluding hydrogens is 302 g/mol. The number of aryl methyl sites for hydroxylation is 2. The highest BCUT2D eigenvalue weighted by Crippen LogP contribution is 2.18. The van der Waals surface area contributed by atoms with E-state index in [1.54, 1.807) is 0 Å². The molecule has 2 N–H and O–H groups in total. The van der Waals surface area contributed by atoms with E-state index in [4.69, 9.17) is 5.73 Å². The van der Waals surface area contributed by atoms with E-state index in [2.05, 4.69) is 50.2 Å². The number of hydrogen-bond acceptors (Lipinski definition) is 1. The highest BCUT2D eigenvalue weighted by molar-refractivity contribution is 5.45. The van der Waals surface area contributed by atoms with Crippen molar-refractivity contribution in [2.24, 2.45) is 0 Å². The van der Waals surface area contributed by atoms with Gasteiger partial charge in [-0.2, -0.15) is 0 Å². The van der Waals surface area contributed by atoms with Gasteiger partial charge in [0.15, 0.2) is 0 Å². The van der Waals surface area contributed by atoms with Crippen molar-refractivity contribution in [1.29, 1.82) is 0 Å². The molecule has 0 aliphatic heterocycles. The second-order valence-electron chi connectivity index (χ2n) is 7.40. The Morgan fingerprint density at radius 1 is 0.720 bits per heavy atom. The smallest absolute Gasteiger partial charge is 0.0316 e. The standard InChI is InChI=1S/C24H35N/c1-3-4-5-6-7-8-9-10-11-21-12-14-22(15-13-21)19-23-16-17-24(25)18-20(23)2/h12-18H,3-11,19,25H2,1-2H3. The Balaban J connectivity index is 1.69. The molecule has 0 atom stereocenters. The van der Waals surface area contributed by atoms with Gasteiger partial charge < -0.3 is 5.73 Å². The summed E-state index contributed by atoms with van der Waals surface area (Å²) in [5.74, 6) is 0. The Bertz CT molecular complexity index is 612. The van der Waals surface area contributed by atoms with Crippen LogP contribution in [0.1, 0.15) is 80.5 Å². The fraction of sp³-hybridized carbons (Fsp3) is 0.500. The third-order valence-electron chi connectivity index (χ3n) is 5.10. The first kappa shape index (κ1) is 19.6. The van der Waals surface area contributed by atoms with Gasteiger partial charge in [0, 0.05) is 5.69 Å². The summed E-state index contributed by atoms with van der Waals surface area (Å²) in [6.45, 7) is 4.42. The van der Waals surface area contributed by atoms with Crippen molar-refractivity contribution in [3.63, 3.8) is 0 Å². The molecular formula is C24H35N. The van der Waals surface area contributed by atoms with Crippen LogP contribution in [0.5, 0.6) is 0 Å². The number of unbranched alkanes of at least 4 members (excludes halogenated alkanes) is 7. The number of rotatable bonds is 11. The molecule has 0 fully saturated rings. The van der Waals surface area contributed by atoms with Crippen LogP contribution in [0.25, 0.3) is 0 Å². The Morgan fingerprint density at radius 2 is 1.32 bits per heavy atom. The van der Waals surface area contributed by atoms with Crippen molar-refractivity contribution in [3.8, 4) is 0 Å². The molecule has 0 heterocycles. The number of nitrogens with two attached hydrogens (primary N) is 1. The number of nitrogen functional groups attached to an aromatic ring is 1. The van der Waals surface area contributed by atoms with Gasteiger partial charge in [0.05, 0.1) is 0 Å². The van der Waals surface area contributed by atoms with E-state index in [9.17, 15) is 0 Å².